The van der Waals surface area contributed by atoms with Gasteiger partial charge in [-0.1, -0.05) is 51.7 Å². The van der Waals surface area contributed by atoms with Crippen molar-refractivity contribution in [2.45, 2.75) is 46.5 Å². The van der Waals surface area contributed by atoms with Crippen molar-refractivity contribution in [3.05, 3.63) is 35.6 Å². The molecule has 1 heteroatoms. The van der Waals surface area contributed by atoms with Crippen LogP contribution in [0.2, 0.25) is 0 Å². The van der Waals surface area contributed by atoms with Crippen molar-refractivity contribution in [1.82, 2.24) is 0 Å². The molecule has 0 atom stereocenters. The third kappa shape index (κ3) is 7.78. The van der Waals surface area contributed by atoms with Crippen LogP contribution in [0.3, 0.4) is 0 Å². The van der Waals surface area contributed by atoms with Crippen LogP contribution in [0.1, 0.15) is 45.1 Å². The Labute approximate surface area is 87.2 Å². The van der Waals surface area contributed by atoms with E-state index >= 15 is 0 Å². The molecule has 0 aliphatic rings. The molecule has 0 N–H and O–H groups in total. The third-order valence-electron chi connectivity index (χ3n) is 1.94. The molecule has 80 valence electrons. The molecule has 0 spiro atoms. The lowest BCUT2D eigenvalue weighted by atomic mass is 10.2. The summed E-state index contributed by atoms with van der Waals surface area (Å²) in [6, 6.07) is 6.50. The van der Waals surface area contributed by atoms with Crippen LogP contribution in [-0.2, 0) is 0 Å². The number of benzene rings is 1. The van der Waals surface area contributed by atoms with Crippen molar-refractivity contribution in [2.75, 3.05) is 0 Å². The normalized spacial score (nSPS) is 9.14. The molecule has 0 aliphatic carbocycles. The molecule has 0 bridgehead atoms. The molecule has 0 saturated carbocycles. The zero-order valence-corrected chi connectivity index (χ0v) is 9.52. The van der Waals surface area contributed by atoms with Gasteiger partial charge in [-0.2, -0.15) is 0 Å². The summed E-state index contributed by atoms with van der Waals surface area (Å²) < 4.78 is 12.2. The van der Waals surface area contributed by atoms with E-state index < -0.39 is 0 Å². The maximum atomic E-state index is 12.2. The van der Waals surface area contributed by atoms with Crippen LogP contribution in [0.5, 0.6) is 0 Å². The number of aryl methyl sites for hydroxylation is 1. The molecule has 0 fully saturated rings. The minimum atomic E-state index is -0.162. The molecule has 0 unspecified atom stereocenters. The molecule has 0 nitrogen and oxygen atoms in total. The highest BCUT2D eigenvalue weighted by Crippen LogP contribution is 1.99. The highest BCUT2D eigenvalue weighted by atomic mass is 19.1. The largest absolute Gasteiger partial charge is 0.207 e. The molecule has 0 saturated heterocycles. The molecule has 14 heavy (non-hydrogen) atoms. The fourth-order valence-corrected chi connectivity index (χ4v) is 1.11. The van der Waals surface area contributed by atoms with Crippen molar-refractivity contribution in [1.29, 1.82) is 0 Å². The predicted molar refractivity (Wildman–Crippen MR) is 61.0 cm³/mol. The summed E-state index contributed by atoms with van der Waals surface area (Å²) in [6.45, 7) is 6.33. The minimum absolute atomic E-state index is 0.162. The molecule has 0 radical (unpaired) electrons. The molecular weight excluding hydrogens is 175 g/mol. The van der Waals surface area contributed by atoms with E-state index in [0.29, 0.717) is 0 Å². The maximum Gasteiger partial charge on any atom is 0.123 e. The van der Waals surface area contributed by atoms with Gasteiger partial charge in [-0.3, -0.25) is 0 Å². The van der Waals surface area contributed by atoms with E-state index in [1.165, 1.54) is 37.8 Å². The molecule has 0 aliphatic heterocycles. The summed E-state index contributed by atoms with van der Waals surface area (Å²) in [7, 11) is 0. The van der Waals surface area contributed by atoms with Gasteiger partial charge >= 0.3 is 0 Å². The second-order valence-corrected chi connectivity index (χ2v) is 3.51. The van der Waals surface area contributed by atoms with Crippen molar-refractivity contribution in [3.63, 3.8) is 0 Å². The van der Waals surface area contributed by atoms with Crippen LogP contribution >= 0.6 is 0 Å². The molecule has 1 aromatic rings. The molecule has 1 rings (SSSR count). The maximum absolute atomic E-state index is 12.2. The lowest BCUT2D eigenvalue weighted by molar-refractivity contribution is 0.626. The van der Waals surface area contributed by atoms with Gasteiger partial charge in [0, 0.05) is 0 Å². The smallest absolute Gasteiger partial charge is 0.123 e. The summed E-state index contributed by atoms with van der Waals surface area (Å²) in [5, 5.41) is 0. The van der Waals surface area contributed by atoms with Gasteiger partial charge < -0.3 is 0 Å². The van der Waals surface area contributed by atoms with Crippen LogP contribution < -0.4 is 0 Å². The average Bonchev–Trinajstić information content (AvgIpc) is 2.15. The summed E-state index contributed by atoms with van der Waals surface area (Å²) in [4.78, 5) is 0. The Morgan fingerprint density at radius 1 is 1.07 bits per heavy atom. The Morgan fingerprint density at radius 2 is 1.64 bits per heavy atom. The summed E-state index contributed by atoms with van der Waals surface area (Å²) >= 11 is 0. The Balaban J connectivity index is 0.000000255. The van der Waals surface area contributed by atoms with E-state index in [9.17, 15) is 4.39 Å². The monoisotopic (exact) mass is 196 g/mol. The number of halogens is 1. The fraction of sp³-hybridized carbons (Fsp3) is 0.538. The topological polar surface area (TPSA) is 0 Å². The Bertz CT molecular complexity index is 209. The average molecular weight is 196 g/mol. The molecule has 1 aromatic carbocycles. The predicted octanol–water partition coefficient (Wildman–Crippen LogP) is 4.72. The quantitative estimate of drug-likeness (QED) is 0.613. The van der Waals surface area contributed by atoms with Gasteiger partial charge in [0.15, 0.2) is 0 Å². The third-order valence-corrected chi connectivity index (χ3v) is 1.94. The van der Waals surface area contributed by atoms with Gasteiger partial charge in [-0.15, -0.1) is 0 Å². The zero-order valence-electron chi connectivity index (χ0n) is 9.52. The van der Waals surface area contributed by atoms with Crippen molar-refractivity contribution in [3.8, 4) is 0 Å². The van der Waals surface area contributed by atoms with E-state index in [1.807, 2.05) is 13.0 Å². The van der Waals surface area contributed by atoms with Gasteiger partial charge in [0.1, 0.15) is 5.82 Å². The molecular formula is C13H21F. The molecule has 0 amide bonds. The minimum Gasteiger partial charge on any atom is -0.207 e. The second-order valence-electron chi connectivity index (χ2n) is 3.51. The highest BCUT2D eigenvalue weighted by molar-refractivity contribution is 5.13. The van der Waals surface area contributed by atoms with Gasteiger partial charge in [0.05, 0.1) is 0 Å². The van der Waals surface area contributed by atoms with Crippen molar-refractivity contribution >= 4 is 0 Å². The first-order chi connectivity index (χ1) is 6.70. The van der Waals surface area contributed by atoms with Gasteiger partial charge in [0.25, 0.3) is 0 Å². The number of unbranched alkanes of at least 4 members (excludes halogenated alkanes) is 3. The van der Waals surface area contributed by atoms with E-state index in [-0.39, 0.29) is 5.82 Å². The molecule has 0 heterocycles. The first-order valence-corrected chi connectivity index (χ1v) is 5.42. The first kappa shape index (κ1) is 13.2. The van der Waals surface area contributed by atoms with E-state index in [2.05, 4.69) is 13.8 Å². The number of rotatable bonds is 3. The lowest BCUT2D eigenvalue weighted by Gasteiger charge is -1.87. The van der Waals surface area contributed by atoms with E-state index in [4.69, 9.17) is 0 Å². The van der Waals surface area contributed by atoms with Crippen molar-refractivity contribution in [2.24, 2.45) is 0 Å². The Kier molecular flexibility index (Phi) is 8.20. The first-order valence-electron chi connectivity index (χ1n) is 5.42. The Morgan fingerprint density at radius 3 is 1.93 bits per heavy atom. The van der Waals surface area contributed by atoms with Crippen LogP contribution in [0.4, 0.5) is 4.39 Å². The SMILES string of the molecule is CCCCCC.Cc1cccc(F)c1. The zero-order chi connectivity index (χ0) is 10.8. The standard InChI is InChI=1S/C7H7F.C6H14/c1-6-3-2-4-7(8)5-6;1-3-5-6-4-2/h2-5H,1H3;3-6H2,1-2H3. The Hall–Kier alpha value is -0.850. The summed E-state index contributed by atoms with van der Waals surface area (Å²) in [5.74, 6) is -0.162. The van der Waals surface area contributed by atoms with Gasteiger partial charge in [-0.05, 0) is 24.6 Å². The summed E-state index contributed by atoms with van der Waals surface area (Å²) in [6.07, 6.45) is 5.54. The van der Waals surface area contributed by atoms with Crippen LogP contribution in [0.15, 0.2) is 24.3 Å². The van der Waals surface area contributed by atoms with Crippen LogP contribution in [0.25, 0.3) is 0 Å². The second kappa shape index (κ2) is 8.74. The van der Waals surface area contributed by atoms with E-state index in [1.54, 1.807) is 6.07 Å². The lowest BCUT2D eigenvalue weighted by Crippen LogP contribution is -1.72. The van der Waals surface area contributed by atoms with E-state index in [0.717, 1.165) is 5.56 Å². The fourth-order valence-electron chi connectivity index (χ4n) is 1.11. The van der Waals surface area contributed by atoms with Crippen LogP contribution in [-0.4, -0.2) is 0 Å². The van der Waals surface area contributed by atoms with Gasteiger partial charge in [-0.25, -0.2) is 4.39 Å². The van der Waals surface area contributed by atoms with Crippen molar-refractivity contribution < 1.29 is 4.39 Å². The number of hydrogen-bond donors (Lipinski definition) is 0. The van der Waals surface area contributed by atoms with Crippen LogP contribution in [0, 0.1) is 12.7 Å². The van der Waals surface area contributed by atoms with Gasteiger partial charge in [0.2, 0.25) is 0 Å². The highest BCUT2D eigenvalue weighted by Gasteiger charge is 1.84. The summed E-state index contributed by atoms with van der Waals surface area (Å²) in [5.41, 5.74) is 0.963. The molecule has 0 aromatic heterocycles. The number of hydrogen-bond acceptors (Lipinski definition) is 0.